The molecule has 2 rings (SSSR count). The second kappa shape index (κ2) is 10.1. The Morgan fingerprint density at radius 1 is 0.897 bits per heavy atom. The molecule has 29 heavy (non-hydrogen) atoms. The summed E-state index contributed by atoms with van der Waals surface area (Å²) in [6, 6.07) is 17.4. The summed E-state index contributed by atoms with van der Waals surface area (Å²) in [5.74, 6) is 1.77. The van der Waals surface area contributed by atoms with Gasteiger partial charge in [-0.05, 0) is 79.2 Å². The van der Waals surface area contributed by atoms with Crippen LogP contribution in [0.25, 0.3) is 11.1 Å². The smallest absolute Gasteiger partial charge is 0.205 e. The average Bonchev–Trinajstić information content (AvgIpc) is 2.70. The minimum absolute atomic E-state index is 0.700. The van der Waals surface area contributed by atoms with E-state index in [1.54, 1.807) is 7.11 Å². The van der Waals surface area contributed by atoms with Gasteiger partial charge in [0, 0.05) is 0 Å². The number of benzene rings is 2. The highest BCUT2D eigenvalue weighted by atomic mass is 28.4. The van der Waals surface area contributed by atoms with Gasteiger partial charge in [-0.1, -0.05) is 43.5 Å². The van der Waals surface area contributed by atoms with Gasteiger partial charge in [0.25, 0.3) is 0 Å². The molecular weight excluding hydrogens is 392 g/mol. The van der Waals surface area contributed by atoms with E-state index in [0.29, 0.717) is 6.61 Å². The quantitative estimate of drug-likeness (QED) is 0.224. The van der Waals surface area contributed by atoms with Crippen LogP contribution in [0.5, 0.6) is 11.5 Å². The monoisotopic (exact) mass is 426 g/mol. The van der Waals surface area contributed by atoms with E-state index in [0.717, 1.165) is 40.3 Å². The highest BCUT2D eigenvalue weighted by Crippen LogP contribution is 2.26. The molecule has 3 nitrogen and oxygen atoms in total. The van der Waals surface area contributed by atoms with Gasteiger partial charge in [-0.15, -0.1) is 0 Å². The van der Waals surface area contributed by atoms with Crippen LogP contribution in [-0.4, -0.2) is 30.4 Å². The molecule has 0 saturated carbocycles. The van der Waals surface area contributed by atoms with E-state index in [2.05, 4.69) is 63.6 Å². The Bertz CT molecular complexity index is 809. The molecule has 0 aliphatic carbocycles. The van der Waals surface area contributed by atoms with Crippen LogP contribution in [0.4, 0.5) is 0 Å². The molecule has 2 aromatic carbocycles. The maximum Gasteiger partial charge on any atom is 0.205 e. The molecule has 0 radical (unpaired) electrons. The summed E-state index contributed by atoms with van der Waals surface area (Å²) in [5.41, 5.74) is 2.33. The summed E-state index contributed by atoms with van der Waals surface area (Å²) < 4.78 is 17.7. The van der Waals surface area contributed by atoms with Gasteiger partial charge in [-0.25, -0.2) is 0 Å². The normalized spacial score (nSPS) is 11.8. The van der Waals surface area contributed by atoms with Crippen molar-refractivity contribution in [2.45, 2.75) is 38.7 Å². The third-order valence-corrected chi connectivity index (χ3v) is 12.6. The van der Waals surface area contributed by atoms with E-state index in [-0.39, 0.29) is 0 Å². The molecule has 0 bridgehead atoms. The van der Waals surface area contributed by atoms with Crippen LogP contribution in [0, 0.1) is 0 Å². The van der Waals surface area contributed by atoms with E-state index < -0.39 is 16.6 Å². The fourth-order valence-corrected chi connectivity index (χ4v) is 11.2. The van der Waals surface area contributed by atoms with E-state index in [9.17, 15) is 0 Å². The van der Waals surface area contributed by atoms with Crippen molar-refractivity contribution in [2.75, 3.05) is 13.7 Å². The van der Waals surface area contributed by atoms with Crippen molar-refractivity contribution in [1.82, 2.24) is 0 Å². The third-order valence-electron chi connectivity index (χ3n) is 5.02. The zero-order valence-corrected chi connectivity index (χ0v) is 20.5. The molecular formula is C24H34O3Si2. The molecule has 0 heterocycles. The van der Waals surface area contributed by atoms with Gasteiger partial charge in [0.2, 0.25) is 8.32 Å². The molecule has 0 atom stereocenters. The van der Waals surface area contributed by atoms with Crippen molar-refractivity contribution in [1.29, 1.82) is 0 Å². The summed E-state index contributed by atoms with van der Waals surface area (Å²) in [6.07, 6.45) is 2.83. The van der Waals surface area contributed by atoms with Crippen molar-refractivity contribution < 1.29 is 13.6 Å². The fraction of sp³-hybridized carbons (Fsp3) is 0.333. The number of rotatable bonds is 11. The molecule has 2 aromatic rings. The zero-order chi connectivity index (χ0) is 21.5. The molecule has 156 valence electrons. The first-order chi connectivity index (χ1) is 13.7. The summed E-state index contributed by atoms with van der Waals surface area (Å²) >= 11 is 0. The van der Waals surface area contributed by atoms with Crippen molar-refractivity contribution in [2.24, 2.45) is 0 Å². The third kappa shape index (κ3) is 7.03. The van der Waals surface area contributed by atoms with Crippen LogP contribution in [0.15, 0.2) is 73.0 Å². The van der Waals surface area contributed by atoms with Crippen molar-refractivity contribution >= 4 is 16.6 Å². The molecule has 0 aromatic heterocycles. The average molecular weight is 427 g/mol. The van der Waals surface area contributed by atoms with Gasteiger partial charge in [0.1, 0.15) is 11.5 Å². The van der Waals surface area contributed by atoms with Gasteiger partial charge in [-0.3, -0.25) is 0 Å². The molecule has 0 unspecified atom stereocenters. The predicted octanol–water partition coefficient (Wildman–Crippen LogP) is 6.84. The molecule has 0 N–H and O–H groups in total. The lowest BCUT2D eigenvalue weighted by molar-refractivity contribution is 0.315. The van der Waals surface area contributed by atoms with Crippen LogP contribution in [0.3, 0.4) is 0 Å². The SMILES string of the molecule is C=CC(=C)[Si](C)(C)O[Si](C)(C)CCCOc1ccc(-c2ccc(OC)cc2)cc1. The van der Waals surface area contributed by atoms with Gasteiger partial charge in [0.05, 0.1) is 13.7 Å². The molecule has 5 heteroatoms. The first-order valence-corrected chi connectivity index (χ1v) is 16.1. The van der Waals surface area contributed by atoms with E-state index in [1.807, 2.05) is 30.3 Å². The summed E-state index contributed by atoms with van der Waals surface area (Å²) in [4.78, 5) is 0. The van der Waals surface area contributed by atoms with Crippen molar-refractivity contribution in [3.8, 4) is 22.6 Å². The Kier molecular flexibility index (Phi) is 8.08. The first-order valence-electron chi connectivity index (χ1n) is 10.1. The molecule has 0 spiro atoms. The van der Waals surface area contributed by atoms with Crippen LogP contribution in [0.2, 0.25) is 32.2 Å². The van der Waals surface area contributed by atoms with Crippen LogP contribution < -0.4 is 9.47 Å². The number of ether oxygens (including phenoxy) is 2. The van der Waals surface area contributed by atoms with Crippen LogP contribution in [0.1, 0.15) is 6.42 Å². The van der Waals surface area contributed by atoms with Crippen molar-refractivity contribution in [3.05, 3.63) is 73.0 Å². The summed E-state index contributed by atoms with van der Waals surface area (Å²) in [5, 5.41) is 1.06. The second-order valence-electron chi connectivity index (χ2n) is 8.31. The predicted molar refractivity (Wildman–Crippen MR) is 129 cm³/mol. The standard InChI is InChI=1S/C24H34O3Si2/c1-8-20(2)29(6,7)27-28(4,5)19-9-18-26-24-16-12-22(13-17-24)21-10-14-23(25-3)15-11-21/h8,10-17H,1-2,9,18-19H2,3-7H3. The van der Waals surface area contributed by atoms with Gasteiger partial charge >= 0.3 is 0 Å². The molecule has 0 aliphatic rings. The van der Waals surface area contributed by atoms with Gasteiger partial charge in [-0.2, -0.15) is 0 Å². The van der Waals surface area contributed by atoms with Gasteiger partial charge in [0.15, 0.2) is 8.32 Å². The van der Waals surface area contributed by atoms with Crippen LogP contribution >= 0.6 is 0 Å². The Hall–Kier alpha value is -2.09. The van der Waals surface area contributed by atoms with Crippen LogP contribution in [-0.2, 0) is 4.12 Å². The summed E-state index contributed by atoms with van der Waals surface area (Å²) in [6.45, 7) is 17.6. The molecule has 0 fully saturated rings. The minimum Gasteiger partial charge on any atom is -0.497 e. The van der Waals surface area contributed by atoms with E-state index in [1.165, 1.54) is 0 Å². The van der Waals surface area contributed by atoms with E-state index >= 15 is 0 Å². The maximum atomic E-state index is 6.55. The highest BCUT2D eigenvalue weighted by molar-refractivity contribution is 6.89. The van der Waals surface area contributed by atoms with Crippen molar-refractivity contribution in [3.63, 3.8) is 0 Å². The summed E-state index contributed by atoms with van der Waals surface area (Å²) in [7, 11) is -1.99. The Balaban J connectivity index is 1.82. The largest absolute Gasteiger partial charge is 0.497 e. The Labute approximate surface area is 178 Å². The van der Waals surface area contributed by atoms with E-state index in [4.69, 9.17) is 13.6 Å². The fourth-order valence-electron chi connectivity index (χ4n) is 3.27. The number of hydrogen-bond acceptors (Lipinski definition) is 3. The number of allylic oxidation sites excluding steroid dienone is 2. The lowest BCUT2D eigenvalue weighted by Crippen LogP contribution is -2.45. The molecule has 0 aliphatic heterocycles. The Morgan fingerprint density at radius 2 is 1.41 bits per heavy atom. The maximum absolute atomic E-state index is 6.55. The second-order valence-corrected chi connectivity index (χ2v) is 16.8. The first kappa shape index (κ1) is 23.2. The highest BCUT2D eigenvalue weighted by Gasteiger charge is 2.33. The lowest BCUT2D eigenvalue weighted by atomic mass is 10.1. The molecule has 0 saturated heterocycles. The number of hydrogen-bond donors (Lipinski definition) is 0. The number of methoxy groups -OCH3 is 1. The molecule has 0 amide bonds. The topological polar surface area (TPSA) is 27.7 Å². The lowest BCUT2D eigenvalue weighted by Gasteiger charge is -2.34. The Morgan fingerprint density at radius 3 is 1.90 bits per heavy atom. The van der Waals surface area contributed by atoms with Gasteiger partial charge < -0.3 is 13.6 Å². The zero-order valence-electron chi connectivity index (χ0n) is 18.5. The minimum atomic E-state index is -1.91.